The quantitative estimate of drug-likeness (QED) is 0.810. The Morgan fingerprint density at radius 1 is 1.56 bits per heavy atom. The molecule has 0 bridgehead atoms. The summed E-state index contributed by atoms with van der Waals surface area (Å²) in [5.74, 6) is 0.109. The van der Waals surface area contributed by atoms with Gasteiger partial charge in [-0.2, -0.15) is 0 Å². The fraction of sp³-hybridized carbons (Fsp3) is 0.462. The summed E-state index contributed by atoms with van der Waals surface area (Å²) < 4.78 is 18.2. The van der Waals surface area contributed by atoms with Crippen LogP contribution in [0.5, 0.6) is 5.75 Å². The van der Waals surface area contributed by atoms with Crippen molar-refractivity contribution in [1.82, 2.24) is 5.32 Å². The minimum atomic E-state index is -0.351. The van der Waals surface area contributed by atoms with Crippen molar-refractivity contribution in [3.63, 3.8) is 0 Å². The van der Waals surface area contributed by atoms with Gasteiger partial charge in [0.25, 0.3) is 0 Å². The summed E-state index contributed by atoms with van der Waals surface area (Å²) in [6.07, 6.45) is 1.00. The molecule has 0 saturated carbocycles. The highest BCUT2D eigenvalue weighted by Crippen LogP contribution is 2.18. The van der Waals surface area contributed by atoms with Crippen LogP contribution in [-0.4, -0.2) is 19.1 Å². The Morgan fingerprint density at radius 2 is 2.28 bits per heavy atom. The van der Waals surface area contributed by atoms with E-state index in [1.807, 2.05) is 6.92 Å². The summed E-state index contributed by atoms with van der Waals surface area (Å²) in [5, 5.41) is 2.72. The highest BCUT2D eigenvalue weighted by Gasteiger charge is 2.07. The molecule has 18 heavy (non-hydrogen) atoms. The van der Waals surface area contributed by atoms with Crippen LogP contribution in [0.25, 0.3) is 0 Å². The maximum Gasteiger partial charge on any atom is 0.220 e. The molecule has 5 heteroatoms. The smallest absolute Gasteiger partial charge is 0.220 e. The topological polar surface area (TPSA) is 64.3 Å². The van der Waals surface area contributed by atoms with Crippen LogP contribution < -0.4 is 15.8 Å². The molecule has 0 aliphatic rings. The van der Waals surface area contributed by atoms with Crippen LogP contribution in [-0.2, 0) is 11.3 Å². The lowest BCUT2D eigenvalue weighted by molar-refractivity contribution is -0.121. The number of nitrogens with two attached hydrogens (primary N) is 1. The van der Waals surface area contributed by atoms with Gasteiger partial charge in [-0.05, 0) is 31.5 Å². The molecule has 0 fully saturated rings. The number of benzene rings is 1. The second-order valence-electron chi connectivity index (χ2n) is 4.25. The molecule has 1 rings (SSSR count). The summed E-state index contributed by atoms with van der Waals surface area (Å²) in [7, 11) is 1.51. The molecule has 1 atom stereocenters. The molecule has 0 radical (unpaired) electrons. The molecule has 1 amide bonds. The zero-order chi connectivity index (χ0) is 13.5. The summed E-state index contributed by atoms with van der Waals surface area (Å²) in [4.78, 5) is 11.5. The molecule has 1 unspecified atom stereocenters. The van der Waals surface area contributed by atoms with Crippen molar-refractivity contribution < 1.29 is 13.9 Å². The van der Waals surface area contributed by atoms with Crippen molar-refractivity contribution in [3.8, 4) is 5.75 Å². The van der Waals surface area contributed by atoms with E-state index in [9.17, 15) is 9.18 Å². The Kier molecular flexibility index (Phi) is 5.58. The molecule has 1 aromatic carbocycles. The number of nitrogens with one attached hydrogen (secondary N) is 1. The van der Waals surface area contributed by atoms with Crippen LogP contribution in [0.15, 0.2) is 18.2 Å². The monoisotopic (exact) mass is 254 g/mol. The molecule has 0 saturated heterocycles. The third kappa shape index (κ3) is 4.71. The van der Waals surface area contributed by atoms with E-state index >= 15 is 0 Å². The van der Waals surface area contributed by atoms with Gasteiger partial charge >= 0.3 is 0 Å². The van der Waals surface area contributed by atoms with Crippen LogP contribution in [0.1, 0.15) is 25.3 Å². The number of halogens is 1. The van der Waals surface area contributed by atoms with Crippen LogP contribution in [0.3, 0.4) is 0 Å². The maximum absolute atomic E-state index is 13.1. The first-order valence-corrected chi connectivity index (χ1v) is 5.87. The Labute approximate surface area is 106 Å². The van der Waals surface area contributed by atoms with E-state index in [0.29, 0.717) is 24.2 Å². The molecule has 0 aliphatic heterocycles. The Morgan fingerprint density at radius 3 is 2.89 bits per heavy atom. The number of amides is 1. The minimum Gasteiger partial charge on any atom is -0.496 e. The molecule has 0 heterocycles. The van der Waals surface area contributed by atoms with Gasteiger partial charge < -0.3 is 15.8 Å². The van der Waals surface area contributed by atoms with Crippen molar-refractivity contribution in [2.45, 2.75) is 32.4 Å². The van der Waals surface area contributed by atoms with Gasteiger partial charge in [0.2, 0.25) is 5.91 Å². The maximum atomic E-state index is 13.1. The first-order valence-electron chi connectivity index (χ1n) is 5.87. The molecule has 4 nitrogen and oxygen atoms in total. The predicted molar refractivity (Wildman–Crippen MR) is 67.7 cm³/mol. The van der Waals surface area contributed by atoms with E-state index < -0.39 is 0 Å². The molecule has 1 aromatic rings. The number of hydrogen-bond acceptors (Lipinski definition) is 3. The predicted octanol–water partition coefficient (Wildman–Crippen LogP) is 1.58. The molecule has 0 spiro atoms. The van der Waals surface area contributed by atoms with Crippen molar-refractivity contribution in [2.24, 2.45) is 5.73 Å². The normalized spacial score (nSPS) is 12.0. The molecule has 3 N–H and O–H groups in total. The van der Waals surface area contributed by atoms with E-state index in [1.165, 1.54) is 19.2 Å². The number of hydrogen-bond donors (Lipinski definition) is 2. The highest BCUT2D eigenvalue weighted by atomic mass is 19.1. The first kappa shape index (κ1) is 14.4. The zero-order valence-electron chi connectivity index (χ0n) is 10.7. The van der Waals surface area contributed by atoms with Crippen molar-refractivity contribution in [2.75, 3.05) is 7.11 Å². The lowest BCUT2D eigenvalue weighted by Crippen LogP contribution is -2.25. The van der Waals surface area contributed by atoms with Crippen molar-refractivity contribution in [3.05, 3.63) is 29.6 Å². The number of methoxy groups -OCH3 is 1. The number of carbonyl (C=O) groups excluding carboxylic acids is 1. The van der Waals surface area contributed by atoms with E-state index in [0.717, 1.165) is 0 Å². The van der Waals surface area contributed by atoms with Crippen LogP contribution in [0, 0.1) is 5.82 Å². The van der Waals surface area contributed by atoms with Gasteiger partial charge in [-0.1, -0.05) is 0 Å². The lowest BCUT2D eigenvalue weighted by atomic mass is 10.1. The second-order valence-corrected chi connectivity index (χ2v) is 4.25. The van der Waals surface area contributed by atoms with Gasteiger partial charge in [0, 0.05) is 24.6 Å². The number of ether oxygens (including phenoxy) is 1. The summed E-state index contributed by atoms with van der Waals surface area (Å²) in [5.41, 5.74) is 6.18. The van der Waals surface area contributed by atoms with Crippen LogP contribution >= 0.6 is 0 Å². The largest absolute Gasteiger partial charge is 0.496 e. The van der Waals surface area contributed by atoms with E-state index in [2.05, 4.69) is 5.32 Å². The average molecular weight is 254 g/mol. The number of carbonyl (C=O) groups is 1. The van der Waals surface area contributed by atoms with Gasteiger partial charge in [-0.3, -0.25) is 4.79 Å². The van der Waals surface area contributed by atoms with E-state index in [4.69, 9.17) is 10.5 Å². The molecular weight excluding hydrogens is 235 g/mol. The summed E-state index contributed by atoms with van der Waals surface area (Å²) in [6, 6.07) is 4.21. The van der Waals surface area contributed by atoms with Gasteiger partial charge in [0.15, 0.2) is 0 Å². The Hall–Kier alpha value is -1.62. The van der Waals surface area contributed by atoms with Gasteiger partial charge in [0.05, 0.1) is 7.11 Å². The number of rotatable bonds is 6. The third-order valence-electron chi connectivity index (χ3n) is 2.55. The first-order chi connectivity index (χ1) is 8.52. The highest BCUT2D eigenvalue weighted by molar-refractivity contribution is 5.75. The molecule has 100 valence electrons. The summed E-state index contributed by atoms with van der Waals surface area (Å²) in [6.45, 7) is 2.10. The van der Waals surface area contributed by atoms with Crippen molar-refractivity contribution in [1.29, 1.82) is 0 Å². The lowest BCUT2D eigenvalue weighted by Gasteiger charge is -2.10. The fourth-order valence-corrected chi connectivity index (χ4v) is 1.53. The fourth-order valence-electron chi connectivity index (χ4n) is 1.53. The van der Waals surface area contributed by atoms with Gasteiger partial charge in [-0.25, -0.2) is 4.39 Å². The average Bonchev–Trinajstić information content (AvgIpc) is 2.34. The SMILES string of the molecule is COc1ccc(F)cc1CNC(=O)CCC(C)N. The van der Waals surface area contributed by atoms with Crippen LogP contribution in [0.4, 0.5) is 4.39 Å². The minimum absolute atomic E-state index is 0.000504. The molecule has 0 aliphatic carbocycles. The second kappa shape index (κ2) is 6.96. The Bertz CT molecular complexity index is 408. The van der Waals surface area contributed by atoms with Gasteiger partial charge in [-0.15, -0.1) is 0 Å². The molecular formula is C13H19FN2O2. The third-order valence-corrected chi connectivity index (χ3v) is 2.55. The van der Waals surface area contributed by atoms with E-state index in [1.54, 1.807) is 6.07 Å². The Balaban J connectivity index is 2.52. The van der Waals surface area contributed by atoms with Crippen molar-refractivity contribution >= 4 is 5.91 Å². The molecule has 0 aromatic heterocycles. The standard InChI is InChI=1S/C13H19FN2O2/c1-9(15)3-6-13(17)16-8-10-7-11(14)4-5-12(10)18-2/h4-5,7,9H,3,6,8,15H2,1-2H3,(H,16,17). The summed E-state index contributed by atoms with van der Waals surface area (Å²) >= 11 is 0. The zero-order valence-corrected chi connectivity index (χ0v) is 10.7. The van der Waals surface area contributed by atoms with Gasteiger partial charge in [0.1, 0.15) is 11.6 Å². The van der Waals surface area contributed by atoms with E-state index in [-0.39, 0.29) is 24.3 Å². The van der Waals surface area contributed by atoms with Crippen LogP contribution in [0.2, 0.25) is 0 Å².